The summed E-state index contributed by atoms with van der Waals surface area (Å²) in [5.41, 5.74) is 6.58. The van der Waals surface area contributed by atoms with Crippen molar-refractivity contribution in [2.24, 2.45) is 11.7 Å². The zero-order valence-electron chi connectivity index (χ0n) is 9.17. The normalized spacial score (nSPS) is 31.5. The molecular weight excluding hydrogens is 189 g/mol. The highest BCUT2D eigenvalue weighted by Crippen LogP contribution is 2.38. The molecule has 0 amide bonds. The Balaban J connectivity index is 2.32. The van der Waals surface area contributed by atoms with Gasteiger partial charge in [-0.2, -0.15) is 0 Å². The maximum Gasteiger partial charge on any atom is 0.128 e. The van der Waals surface area contributed by atoms with Crippen LogP contribution in [0.2, 0.25) is 0 Å². The molecule has 0 aromatic heterocycles. The quantitative estimate of drug-likeness (QED) is 0.752. The van der Waals surface area contributed by atoms with Crippen molar-refractivity contribution in [3.05, 3.63) is 35.6 Å². The number of hydrogen-bond donors (Lipinski definition) is 1. The molecule has 0 saturated heterocycles. The highest BCUT2D eigenvalue weighted by molar-refractivity contribution is 5.26. The first-order valence-electron chi connectivity index (χ1n) is 5.66. The summed E-state index contributed by atoms with van der Waals surface area (Å²) in [4.78, 5) is 0. The summed E-state index contributed by atoms with van der Waals surface area (Å²) in [6, 6.07) is 6.91. The summed E-state index contributed by atoms with van der Waals surface area (Å²) < 4.78 is 13.7. The molecule has 2 heteroatoms. The molecule has 2 atom stereocenters. The number of benzene rings is 1. The molecule has 0 radical (unpaired) electrons. The Morgan fingerprint density at radius 2 is 2.13 bits per heavy atom. The molecule has 2 N–H and O–H groups in total. The summed E-state index contributed by atoms with van der Waals surface area (Å²) in [5.74, 6) is 0.442. The van der Waals surface area contributed by atoms with E-state index in [1.807, 2.05) is 12.1 Å². The summed E-state index contributed by atoms with van der Waals surface area (Å²) in [6.07, 6.45) is 4.12. The molecule has 1 aromatic carbocycles. The molecule has 1 saturated carbocycles. The van der Waals surface area contributed by atoms with Crippen LogP contribution in [0.4, 0.5) is 4.39 Å². The molecule has 0 heterocycles. The van der Waals surface area contributed by atoms with E-state index >= 15 is 0 Å². The van der Waals surface area contributed by atoms with Crippen LogP contribution in [0.25, 0.3) is 0 Å². The van der Waals surface area contributed by atoms with Crippen molar-refractivity contribution in [2.75, 3.05) is 0 Å². The number of halogens is 1. The predicted octanol–water partition coefficient (Wildman–Crippen LogP) is 3.19. The fourth-order valence-electron chi connectivity index (χ4n) is 2.70. The fourth-order valence-corrected chi connectivity index (χ4v) is 2.70. The standard InChI is InChI=1S/C13H18FN/c1-10-5-4-8-13(15,9-10)11-6-2-3-7-12(11)14/h2-3,6-7,10H,4-5,8-9,15H2,1H3. The van der Waals surface area contributed by atoms with E-state index in [1.54, 1.807) is 6.07 Å². The van der Waals surface area contributed by atoms with Crippen LogP contribution in [0.15, 0.2) is 24.3 Å². The molecule has 0 bridgehead atoms. The van der Waals surface area contributed by atoms with E-state index in [1.165, 1.54) is 12.5 Å². The Bertz CT molecular complexity index is 350. The molecule has 2 unspecified atom stereocenters. The predicted molar refractivity (Wildman–Crippen MR) is 59.9 cm³/mol. The first-order valence-corrected chi connectivity index (χ1v) is 5.66. The van der Waals surface area contributed by atoms with Gasteiger partial charge < -0.3 is 5.73 Å². The summed E-state index contributed by atoms with van der Waals surface area (Å²) in [5, 5.41) is 0. The van der Waals surface area contributed by atoms with Crippen molar-refractivity contribution in [3.63, 3.8) is 0 Å². The molecular formula is C13H18FN. The van der Waals surface area contributed by atoms with Gasteiger partial charge in [0.1, 0.15) is 5.82 Å². The smallest absolute Gasteiger partial charge is 0.128 e. The van der Waals surface area contributed by atoms with Crippen molar-refractivity contribution in [1.29, 1.82) is 0 Å². The van der Waals surface area contributed by atoms with E-state index < -0.39 is 5.54 Å². The van der Waals surface area contributed by atoms with E-state index in [-0.39, 0.29) is 5.82 Å². The number of hydrogen-bond acceptors (Lipinski definition) is 1. The van der Waals surface area contributed by atoms with E-state index in [0.29, 0.717) is 11.5 Å². The monoisotopic (exact) mass is 207 g/mol. The van der Waals surface area contributed by atoms with Gasteiger partial charge in [-0.15, -0.1) is 0 Å². The molecule has 2 rings (SSSR count). The summed E-state index contributed by atoms with van der Waals surface area (Å²) in [7, 11) is 0. The van der Waals surface area contributed by atoms with Crippen molar-refractivity contribution in [1.82, 2.24) is 0 Å². The Kier molecular flexibility index (Phi) is 2.79. The van der Waals surface area contributed by atoms with E-state index in [2.05, 4.69) is 6.92 Å². The third-order valence-electron chi connectivity index (χ3n) is 3.44. The van der Waals surface area contributed by atoms with Gasteiger partial charge in [-0.25, -0.2) is 4.39 Å². The van der Waals surface area contributed by atoms with Gasteiger partial charge in [0.2, 0.25) is 0 Å². The van der Waals surface area contributed by atoms with Gasteiger partial charge in [0.25, 0.3) is 0 Å². The minimum absolute atomic E-state index is 0.158. The minimum Gasteiger partial charge on any atom is -0.321 e. The second kappa shape index (κ2) is 3.93. The number of nitrogens with two attached hydrogens (primary N) is 1. The van der Waals surface area contributed by atoms with Crippen LogP contribution < -0.4 is 5.73 Å². The molecule has 15 heavy (non-hydrogen) atoms. The average Bonchev–Trinajstić information content (AvgIpc) is 2.17. The highest BCUT2D eigenvalue weighted by Gasteiger charge is 2.34. The first kappa shape index (κ1) is 10.6. The van der Waals surface area contributed by atoms with Crippen LogP contribution in [-0.4, -0.2) is 0 Å². The van der Waals surface area contributed by atoms with Crippen molar-refractivity contribution < 1.29 is 4.39 Å². The van der Waals surface area contributed by atoms with Crippen molar-refractivity contribution in [2.45, 2.75) is 38.1 Å². The highest BCUT2D eigenvalue weighted by atomic mass is 19.1. The van der Waals surface area contributed by atoms with Crippen LogP contribution in [0.1, 0.15) is 38.2 Å². The molecule has 1 aromatic rings. The SMILES string of the molecule is CC1CCCC(N)(c2ccccc2F)C1. The van der Waals surface area contributed by atoms with Crippen LogP contribution in [0, 0.1) is 11.7 Å². The Labute approximate surface area is 90.5 Å². The lowest BCUT2D eigenvalue weighted by Crippen LogP contribution is -2.41. The van der Waals surface area contributed by atoms with E-state index in [4.69, 9.17) is 5.73 Å². The van der Waals surface area contributed by atoms with Crippen molar-refractivity contribution >= 4 is 0 Å². The fraction of sp³-hybridized carbons (Fsp3) is 0.538. The molecule has 1 aliphatic rings. The van der Waals surface area contributed by atoms with Gasteiger partial charge in [0.15, 0.2) is 0 Å². The molecule has 0 spiro atoms. The first-order chi connectivity index (χ1) is 7.12. The zero-order valence-corrected chi connectivity index (χ0v) is 9.17. The molecule has 1 aliphatic carbocycles. The third kappa shape index (κ3) is 2.05. The van der Waals surface area contributed by atoms with Gasteiger partial charge in [0, 0.05) is 11.1 Å². The van der Waals surface area contributed by atoms with Gasteiger partial charge in [-0.3, -0.25) is 0 Å². The third-order valence-corrected chi connectivity index (χ3v) is 3.44. The minimum atomic E-state index is -0.441. The number of rotatable bonds is 1. The summed E-state index contributed by atoms with van der Waals surface area (Å²) >= 11 is 0. The molecule has 82 valence electrons. The second-order valence-electron chi connectivity index (χ2n) is 4.84. The van der Waals surface area contributed by atoms with Gasteiger partial charge in [0.05, 0.1) is 0 Å². The maximum atomic E-state index is 13.7. The van der Waals surface area contributed by atoms with Gasteiger partial charge in [-0.05, 0) is 24.8 Å². The van der Waals surface area contributed by atoms with Crippen molar-refractivity contribution in [3.8, 4) is 0 Å². The van der Waals surface area contributed by atoms with Gasteiger partial charge >= 0.3 is 0 Å². The Morgan fingerprint density at radius 1 is 1.40 bits per heavy atom. The summed E-state index contributed by atoms with van der Waals surface area (Å²) in [6.45, 7) is 2.20. The van der Waals surface area contributed by atoms with E-state index in [0.717, 1.165) is 19.3 Å². The Hall–Kier alpha value is -0.890. The lowest BCUT2D eigenvalue weighted by atomic mass is 9.73. The van der Waals surface area contributed by atoms with E-state index in [9.17, 15) is 4.39 Å². The molecule has 0 aliphatic heterocycles. The largest absolute Gasteiger partial charge is 0.321 e. The van der Waals surface area contributed by atoms with Crippen LogP contribution >= 0.6 is 0 Å². The topological polar surface area (TPSA) is 26.0 Å². The van der Waals surface area contributed by atoms with Gasteiger partial charge in [-0.1, -0.05) is 38.0 Å². The molecule has 1 nitrogen and oxygen atoms in total. The Morgan fingerprint density at radius 3 is 2.80 bits per heavy atom. The second-order valence-corrected chi connectivity index (χ2v) is 4.84. The average molecular weight is 207 g/mol. The maximum absolute atomic E-state index is 13.7. The van der Waals surface area contributed by atoms with Crippen LogP contribution in [-0.2, 0) is 5.54 Å². The lowest BCUT2D eigenvalue weighted by molar-refractivity contribution is 0.233. The molecule has 1 fully saturated rings. The van der Waals surface area contributed by atoms with Crippen LogP contribution in [0.3, 0.4) is 0 Å². The van der Waals surface area contributed by atoms with Crippen LogP contribution in [0.5, 0.6) is 0 Å². The zero-order chi connectivity index (χ0) is 10.9. The lowest BCUT2D eigenvalue weighted by Gasteiger charge is -2.37.